The molecule has 4 heteroatoms. The summed E-state index contributed by atoms with van der Waals surface area (Å²) in [4.78, 5) is 6.67. The molecule has 0 saturated carbocycles. The molecule has 4 aliphatic rings. The highest BCUT2D eigenvalue weighted by Crippen LogP contribution is 2.64. The van der Waals surface area contributed by atoms with Crippen LogP contribution in [0.2, 0.25) is 0 Å². The van der Waals surface area contributed by atoms with E-state index in [4.69, 9.17) is 0 Å². The van der Waals surface area contributed by atoms with Gasteiger partial charge in [0.25, 0.3) is 0 Å². The second-order valence-corrected chi connectivity index (χ2v) is 11.2. The standard InChI is InChI=1S/C26H30N4/c1-24(2)14-26-17-10-6-8-12-19(17)28-23(26)30-21(22(26)29-24)20-16(13-25(30,3)4)15-9-5-7-11-18(15)27-20/h5-12,21-23,27-29H,13-14H2,1-4H3. The first kappa shape index (κ1) is 17.4. The van der Waals surface area contributed by atoms with Gasteiger partial charge in [0.15, 0.2) is 0 Å². The van der Waals surface area contributed by atoms with Crippen molar-refractivity contribution in [3.63, 3.8) is 0 Å². The van der Waals surface area contributed by atoms with Crippen LogP contribution in [0.1, 0.15) is 57.0 Å². The Hall–Kier alpha value is -2.30. The molecule has 154 valence electrons. The SMILES string of the molecule is CC1(C)CC23c4ccccc4NC2N2C(c4[nH]c5ccccc5c4CC2(C)C)C3N1. The van der Waals surface area contributed by atoms with Gasteiger partial charge in [0.2, 0.25) is 0 Å². The van der Waals surface area contributed by atoms with Crippen molar-refractivity contribution in [2.75, 3.05) is 5.32 Å². The minimum atomic E-state index is 0.0749. The number of benzene rings is 2. The fraction of sp³-hybridized carbons (Fsp3) is 0.462. The third-order valence-electron chi connectivity index (χ3n) is 8.39. The van der Waals surface area contributed by atoms with Crippen LogP contribution < -0.4 is 10.6 Å². The molecule has 4 atom stereocenters. The molecule has 4 aliphatic heterocycles. The average molecular weight is 399 g/mol. The van der Waals surface area contributed by atoms with E-state index in [1.807, 2.05) is 0 Å². The van der Waals surface area contributed by atoms with Crippen molar-refractivity contribution >= 4 is 16.6 Å². The number of aromatic nitrogens is 1. The Kier molecular flexibility index (Phi) is 2.97. The summed E-state index contributed by atoms with van der Waals surface area (Å²) in [6, 6.07) is 18.6. The average Bonchev–Trinajstić information content (AvgIpc) is 3.35. The van der Waals surface area contributed by atoms with Crippen molar-refractivity contribution in [1.29, 1.82) is 0 Å². The highest BCUT2D eigenvalue weighted by molar-refractivity contribution is 5.85. The first-order valence-corrected chi connectivity index (χ1v) is 11.3. The molecule has 5 heterocycles. The smallest absolute Gasteiger partial charge is 0.0920 e. The molecule has 3 N–H and O–H groups in total. The Bertz CT molecular complexity index is 1200. The molecule has 2 saturated heterocycles. The predicted octanol–water partition coefficient (Wildman–Crippen LogP) is 4.69. The van der Waals surface area contributed by atoms with E-state index in [1.54, 1.807) is 0 Å². The molecule has 0 amide bonds. The van der Waals surface area contributed by atoms with Gasteiger partial charge >= 0.3 is 0 Å². The minimum absolute atomic E-state index is 0.0749. The molecular weight excluding hydrogens is 368 g/mol. The van der Waals surface area contributed by atoms with Crippen LogP contribution in [-0.2, 0) is 11.8 Å². The van der Waals surface area contributed by atoms with Crippen molar-refractivity contribution in [3.05, 3.63) is 65.4 Å². The lowest BCUT2D eigenvalue weighted by Gasteiger charge is -2.48. The largest absolute Gasteiger partial charge is 0.368 e. The third kappa shape index (κ3) is 1.86. The van der Waals surface area contributed by atoms with Gasteiger partial charge in [0, 0.05) is 39.4 Å². The number of hydrogen-bond donors (Lipinski definition) is 3. The number of anilines is 1. The van der Waals surface area contributed by atoms with Gasteiger partial charge in [-0.2, -0.15) is 0 Å². The van der Waals surface area contributed by atoms with Gasteiger partial charge in [-0.3, -0.25) is 4.90 Å². The van der Waals surface area contributed by atoms with Crippen LogP contribution in [0.3, 0.4) is 0 Å². The van der Waals surface area contributed by atoms with E-state index < -0.39 is 0 Å². The number of para-hydroxylation sites is 2. The van der Waals surface area contributed by atoms with Gasteiger partial charge in [-0.25, -0.2) is 0 Å². The Balaban J connectivity index is 1.52. The number of rotatable bonds is 0. The summed E-state index contributed by atoms with van der Waals surface area (Å²) in [6.07, 6.45) is 2.54. The van der Waals surface area contributed by atoms with Crippen LogP contribution in [0, 0.1) is 0 Å². The molecule has 7 rings (SSSR count). The van der Waals surface area contributed by atoms with Crippen LogP contribution in [0.25, 0.3) is 10.9 Å². The fourth-order valence-electron chi connectivity index (χ4n) is 7.63. The molecule has 2 fully saturated rings. The zero-order chi connectivity index (χ0) is 20.5. The van der Waals surface area contributed by atoms with Crippen molar-refractivity contribution < 1.29 is 0 Å². The second kappa shape index (κ2) is 5.12. The Morgan fingerprint density at radius 1 is 0.967 bits per heavy atom. The van der Waals surface area contributed by atoms with Crippen molar-refractivity contribution in [2.45, 2.75) is 75.3 Å². The van der Waals surface area contributed by atoms with E-state index in [-0.39, 0.29) is 16.5 Å². The van der Waals surface area contributed by atoms with Crippen LogP contribution in [0.4, 0.5) is 5.69 Å². The molecule has 1 aromatic heterocycles. The molecular formula is C26H30N4. The van der Waals surface area contributed by atoms with E-state index in [9.17, 15) is 0 Å². The second-order valence-electron chi connectivity index (χ2n) is 11.2. The van der Waals surface area contributed by atoms with Gasteiger partial charge in [-0.1, -0.05) is 36.4 Å². The maximum atomic E-state index is 4.12. The Morgan fingerprint density at radius 3 is 2.60 bits per heavy atom. The number of nitrogens with zero attached hydrogens (tertiary/aromatic N) is 1. The number of hydrogen-bond acceptors (Lipinski definition) is 3. The Morgan fingerprint density at radius 2 is 1.73 bits per heavy atom. The number of H-pyrrole nitrogens is 1. The molecule has 0 radical (unpaired) electrons. The van der Waals surface area contributed by atoms with Gasteiger partial charge in [0.05, 0.1) is 17.6 Å². The lowest BCUT2D eigenvalue weighted by Crippen LogP contribution is -2.57. The third-order valence-corrected chi connectivity index (χ3v) is 8.39. The van der Waals surface area contributed by atoms with E-state index in [1.165, 1.54) is 33.4 Å². The molecule has 0 bridgehead atoms. The van der Waals surface area contributed by atoms with E-state index >= 15 is 0 Å². The highest BCUT2D eigenvalue weighted by atomic mass is 15.4. The fourth-order valence-corrected chi connectivity index (χ4v) is 7.63. The van der Waals surface area contributed by atoms with Gasteiger partial charge < -0.3 is 15.6 Å². The molecule has 30 heavy (non-hydrogen) atoms. The summed E-state index contributed by atoms with van der Waals surface area (Å²) in [7, 11) is 0. The van der Waals surface area contributed by atoms with E-state index in [0.717, 1.165) is 12.8 Å². The van der Waals surface area contributed by atoms with Crippen LogP contribution >= 0.6 is 0 Å². The summed E-state index contributed by atoms with van der Waals surface area (Å²) in [5.41, 5.74) is 7.32. The van der Waals surface area contributed by atoms with Crippen LogP contribution in [0.5, 0.6) is 0 Å². The van der Waals surface area contributed by atoms with E-state index in [0.29, 0.717) is 18.2 Å². The van der Waals surface area contributed by atoms with Gasteiger partial charge in [-0.05, 0) is 63.8 Å². The molecule has 4 unspecified atom stereocenters. The molecule has 2 aromatic carbocycles. The van der Waals surface area contributed by atoms with Gasteiger partial charge in [0.1, 0.15) is 0 Å². The van der Waals surface area contributed by atoms with Crippen molar-refractivity contribution in [1.82, 2.24) is 15.2 Å². The number of aromatic amines is 1. The zero-order valence-electron chi connectivity index (χ0n) is 18.2. The number of nitrogens with one attached hydrogen (secondary N) is 3. The first-order chi connectivity index (χ1) is 14.3. The molecule has 0 aliphatic carbocycles. The lowest BCUT2D eigenvalue weighted by atomic mass is 9.72. The van der Waals surface area contributed by atoms with Crippen LogP contribution in [-0.4, -0.2) is 33.2 Å². The predicted molar refractivity (Wildman–Crippen MR) is 122 cm³/mol. The quantitative estimate of drug-likeness (QED) is 0.515. The summed E-state index contributed by atoms with van der Waals surface area (Å²) >= 11 is 0. The maximum Gasteiger partial charge on any atom is 0.0920 e. The zero-order valence-corrected chi connectivity index (χ0v) is 18.2. The number of fused-ring (bicyclic) bond motifs is 8. The summed E-state index contributed by atoms with van der Waals surface area (Å²) in [5, 5.41) is 9.50. The monoisotopic (exact) mass is 398 g/mol. The minimum Gasteiger partial charge on any atom is -0.368 e. The molecule has 3 aromatic rings. The van der Waals surface area contributed by atoms with Crippen LogP contribution in [0.15, 0.2) is 48.5 Å². The van der Waals surface area contributed by atoms with Crippen molar-refractivity contribution in [2.24, 2.45) is 0 Å². The highest BCUT2D eigenvalue weighted by Gasteiger charge is 2.71. The normalized spacial score (nSPS) is 34.7. The lowest BCUT2D eigenvalue weighted by molar-refractivity contribution is 0.0405. The summed E-state index contributed by atoms with van der Waals surface area (Å²) < 4.78 is 0. The Labute approximate surface area is 178 Å². The van der Waals surface area contributed by atoms with Gasteiger partial charge in [-0.15, -0.1) is 0 Å². The topological polar surface area (TPSA) is 43.1 Å². The summed E-state index contributed by atoms with van der Waals surface area (Å²) in [5.74, 6) is 0. The first-order valence-electron chi connectivity index (χ1n) is 11.3. The maximum absolute atomic E-state index is 4.12. The van der Waals surface area contributed by atoms with Crippen molar-refractivity contribution in [3.8, 4) is 0 Å². The van der Waals surface area contributed by atoms with E-state index in [2.05, 4.69) is 96.7 Å². The molecule has 4 nitrogen and oxygen atoms in total. The molecule has 1 spiro atoms. The summed E-state index contributed by atoms with van der Waals surface area (Å²) in [6.45, 7) is 9.63.